The van der Waals surface area contributed by atoms with Crippen LogP contribution in [0.5, 0.6) is 0 Å². The van der Waals surface area contributed by atoms with Crippen LogP contribution in [-0.2, 0) is 42.9 Å². The fraction of sp³-hybridized carbons (Fsp3) is 0.519. The van der Waals surface area contributed by atoms with Gasteiger partial charge in [-0.1, -0.05) is 0 Å². The van der Waals surface area contributed by atoms with Gasteiger partial charge in [-0.15, -0.1) is 0 Å². The molecule has 1 fully saturated rings. The molecule has 0 spiro atoms. The monoisotopic (exact) mass is 971 g/mol. The Labute approximate surface area is 299 Å². The molecule has 0 aromatic heterocycles. The average molecular weight is 971 g/mol. The van der Waals surface area contributed by atoms with Crippen molar-refractivity contribution in [3.05, 3.63) is 21.8 Å². The van der Waals surface area contributed by atoms with Crippen LogP contribution >= 0.6 is 67.8 Å². The topological polar surface area (TPSA) is 205 Å². The molecule has 1 aromatic carbocycles. The highest BCUT2D eigenvalue weighted by molar-refractivity contribution is 14.1. The summed E-state index contributed by atoms with van der Waals surface area (Å²) in [6.07, 6.45) is 0.488. The molecule has 1 saturated heterocycles. The lowest BCUT2D eigenvalue weighted by molar-refractivity contribution is -0.146. The van der Waals surface area contributed by atoms with Crippen molar-refractivity contribution < 1.29 is 57.6 Å². The molecule has 0 aliphatic carbocycles. The number of nitrogens with one attached hydrogen (secondary N) is 2. The zero-order valence-corrected chi connectivity index (χ0v) is 31.2. The second kappa shape index (κ2) is 18.7. The Morgan fingerprint density at radius 1 is 0.756 bits per heavy atom. The molecule has 15 nitrogen and oxygen atoms in total. The van der Waals surface area contributed by atoms with Crippen molar-refractivity contribution >= 4 is 115 Å². The van der Waals surface area contributed by atoms with Gasteiger partial charge in [-0.3, -0.25) is 28.8 Å². The number of hydrogen-bond acceptors (Lipinski definition) is 13. The molecule has 1 unspecified atom stereocenters. The molecule has 45 heavy (non-hydrogen) atoms. The number of rotatable bonds is 14. The Bertz CT molecular complexity index is 1240. The lowest BCUT2D eigenvalue weighted by atomic mass is 10.1. The predicted octanol–water partition coefficient (Wildman–Crippen LogP) is 2.15. The lowest BCUT2D eigenvalue weighted by Crippen LogP contribution is -2.44. The minimum Gasteiger partial charge on any atom is -0.475 e. The van der Waals surface area contributed by atoms with E-state index in [1.54, 1.807) is 0 Å². The van der Waals surface area contributed by atoms with Crippen LogP contribution < -0.4 is 10.6 Å². The van der Waals surface area contributed by atoms with Crippen LogP contribution in [-0.4, -0.2) is 97.9 Å². The van der Waals surface area contributed by atoms with Crippen molar-refractivity contribution in [2.24, 2.45) is 4.99 Å². The number of nitrogens with zero attached hydrogens (tertiary/aromatic N) is 1. The Morgan fingerprint density at radius 2 is 1.13 bits per heavy atom. The highest BCUT2D eigenvalue weighted by atomic mass is 127. The lowest BCUT2D eigenvalue weighted by Gasteiger charge is -2.22. The molecule has 0 radical (unpaired) electrons. The summed E-state index contributed by atoms with van der Waals surface area (Å²) in [5.41, 5.74) is 0.337. The van der Waals surface area contributed by atoms with Gasteiger partial charge >= 0.3 is 23.9 Å². The molecule has 2 amide bonds. The van der Waals surface area contributed by atoms with Gasteiger partial charge in [0.1, 0.15) is 32.5 Å². The number of benzene rings is 1. The van der Waals surface area contributed by atoms with E-state index in [1.807, 2.05) is 67.8 Å². The SMILES string of the molecule is CC(=O)OCC(COC(C)=O)NC(=O)c1c(I)c(N=C2CCC(CO)O2)c(I)c(C(=O)NC(COC(C)=O)COC(C)=O)c1I. The molecule has 1 heterocycles. The number of halogens is 3. The zero-order valence-electron chi connectivity index (χ0n) is 24.7. The van der Waals surface area contributed by atoms with Crippen molar-refractivity contribution in [3.63, 3.8) is 0 Å². The summed E-state index contributed by atoms with van der Waals surface area (Å²) < 4.78 is 26.7. The number of esters is 4. The minimum atomic E-state index is -0.927. The van der Waals surface area contributed by atoms with Gasteiger partial charge in [-0.2, -0.15) is 0 Å². The molecule has 3 N–H and O–H groups in total. The van der Waals surface area contributed by atoms with Crippen molar-refractivity contribution in [3.8, 4) is 0 Å². The molecule has 0 bridgehead atoms. The number of aliphatic hydroxyl groups is 1. The fourth-order valence-electron chi connectivity index (χ4n) is 3.73. The zero-order chi connectivity index (χ0) is 33.8. The molecular formula is C27H32I3N3O12. The van der Waals surface area contributed by atoms with Crippen LogP contribution in [0.25, 0.3) is 0 Å². The molecule has 1 aliphatic heterocycles. The van der Waals surface area contributed by atoms with E-state index in [1.165, 1.54) is 27.7 Å². The number of hydrogen-bond donors (Lipinski definition) is 3. The normalized spacial score (nSPS) is 15.0. The number of ether oxygens (including phenoxy) is 5. The minimum absolute atomic E-state index is 0.0463. The van der Waals surface area contributed by atoms with Crippen LogP contribution in [0.1, 0.15) is 61.3 Å². The first-order valence-corrected chi connectivity index (χ1v) is 16.6. The molecule has 2 rings (SSSR count). The van der Waals surface area contributed by atoms with Gasteiger partial charge in [0.2, 0.25) is 0 Å². The van der Waals surface area contributed by atoms with Crippen LogP contribution in [0.2, 0.25) is 0 Å². The number of aliphatic imine (C=N–C) groups is 1. The largest absolute Gasteiger partial charge is 0.475 e. The summed E-state index contributed by atoms with van der Waals surface area (Å²) in [4.78, 5) is 77.9. The summed E-state index contributed by atoms with van der Waals surface area (Å²) in [6.45, 7) is 3.38. The molecule has 1 aliphatic rings. The van der Waals surface area contributed by atoms with Gasteiger partial charge < -0.3 is 39.4 Å². The van der Waals surface area contributed by atoms with Crippen LogP contribution in [0.15, 0.2) is 4.99 Å². The van der Waals surface area contributed by atoms with Crippen LogP contribution in [0, 0.1) is 10.7 Å². The van der Waals surface area contributed by atoms with E-state index in [9.17, 15) is 33.9 Å². The van der Waals surface area contributed by atoms with Gasteiger partial charge in [-0.05, 0) is 74.2 Å². The molecule has 18 heteroatoms. The maximum atomic E-state index is 13.8. The summed E-state index contributed by atoms with van der Waals surface area (Å²) in [5, 5.41) is 14.9. The Morgan fingerprint density at radius 3 is 1.44 bits per heavy atom. The third kappa shape index (κ3) is 12.4. The second-order valence-electron chi connectivity index (χ2n) is 9.56. The first-order valence-electron chi connectivity index (χ1n) is 13.3. The van der Waals surface area contributed by atoms with E-state index < -0.39 is 53.9 Å². The van der Waals surface area contributed by atoms with Gasteiger partial charge in [0.15, 0.2) is 5.90 Å². The smallest absolute Gasteiger partial charge is 0.302 e. The number of amides is 2. The van der Waals surface area contributed by atoms with E-state index in [2.05, 4.69) is 15.6 Å². The van der Waals surface area contributed by atoms with Crippen LogP contribution in [0.3, 0.4) is 0 Å². The first-order chi connectivity index (χ1) is 21.1. The van der Waals surface area contributed by atoms with Gasteiger partial charge in [-0.25, -0.2) is 4.99 Å². The second-order valence-corrected chi connectivity index (χ2v) is 12.8. The van der Waals surface area contributed by atoms with E-state index >= 15 is 0 Å². The summed E-state index contributed by atoms with van der Waals surface area (Å²) in [6, 6.07) is -1.85. The third-order valence-electron chi connectivity index (χ3n) is 5.79. The quantitative estimate of drug-likeness (QED) is 0.140. The predicted molar refractivity (Wildman–Crippen MR) is 182 cm³/mol. The average Bonchev–Trinajstić information content (AvgIpc) is 3.41. The number of carbonyl (C=O) groups excluding carboxylic acids is 6. The van der Waals surface area contributed by atoms with Gasteiger partial charge in [0, 0.05) is 37.7 Å². The molecule has 1 atom stereocenters. The maximum absolute atomic E-state index is 13.8. The summed E-state index contributed by atoms with van der Waals surface area (Å²) >= 11 is 5.70. The highest BCUT2D eigenvalue weighted by Crippen LogP contribution is 2.38. The van der Waals surface area contributed by atoms with Crippen LogP contribution in [0.4, 0.5) is 5.69 Å². The Kier molecular flexibility index (Phi) is 16.2. The fourth-order valence-corrected chi connectivity index (χ4v) is 8.11. The van der Waals surface area contributed by atoms with E-state index in [0.29, 0.717) is 25.9 Å². The third-order valence-corrected chi connectivity index (χ3v) is 8.97. The molecule has 248 valence electrons. The van der Waals surface area contributed by atoms with E-state index in [-0.39, 0.29) is 53.4 Å². The first kappa shape index (κ1) is 38.8. The molecular weight excluding hydrogens is 939 g/mol. The van der Waals surface area contributed by atoms with Crippen molar-refractivity contribution in [1.82, 2.24) is 10.6 Å². The highest BCUT2D eigenvalue weighted by Gasteiger charge is 2.31. The van der Waals surface area contributed by atoms with Crippen molar-refractivity contribution in [2.45, 2.75) is 58.7 Å². The number of aliphatic hydroxyl groups excluding tert-OH is 1. The molecule has 0 saturated carbocycles. The van der Waals surface area contributed by atoms with Gasteiger partial charge in [0.25, 0.3) is 11.8 Å². The summed E-state index contributed by atoms with van der Waals surface area (Å²) in [7, 11) is 0. The Hall–Kier alpha value is -2.34. The Balaban J connectivity index is 2.62. The van der Waals surface area contributed by atoms with E-state index in [4.69, 9.17) is 23.7 Å². The van der Waals surface area contributed by atoms with Gasteiger partial charge in [0.05, 0.1) is 42.6 Å². The van der Waals surface area contributed by atoms with Crippen molar-refractivity contribution in [1.29, 1.82) is 0 Å². The maximum Gasteiger partial charge on any atom is 0.302 e. The molecule has 1 aromatic rings. The van der Waals surface area contributed by atoms with Crippen molar-refractivity contribution in [2.75, 3.05) is 33.0 Å². The van der Waals surface area contributed by atoms with E-state index in [0.717, 1.165) is 0 Å². The standard InChI is InChI=1S/C27H32I3N3O12/c1-12(35)41-8-16(9-42-13(2)36)31-26(39)20-22(28)21(27(40)32-17(10-43-14(3)37)11-44-15(4)38)24(30)25(23(20)29)33-19-6-5-18(7-34)45-19/h16-18,34H,5-11H2,1-4H3,(H,31,39)(H,32,40). The summed E-state index contributed by atoms with van der Waals surface area (Å²) in [5.74, 6) is -3.50. The number of carbonyl (C=O) groups is 6.